The molecule has 2 aromatic rings. The molecule has 0 saturated heterocycles. The van der Waals surface area contributed by atoms with Gasteiger partial charge in [-0.05, 0) is 66.8 Å². The Morgan fingerprint density at radius 2 is 2.05 bits per heavy atom. The number of nitrogens with two attached hydrogens (primary N) is 1. The highest BCUT2D eigenvalue weighted by atomic mass is 19.1. The highest BCUT2D eigenvalue weighted by Gasteiger charge is 2.22. The summed E-state index contributed by atoms with van der Waals surface area (Å²) in [5, 5.41) is 3.42. The summed E-state index contributed by atoms with van der Waals surface area (Å²) in [6.07, 6.45) is 2.04. The quantitative estimate of drug-likeness (QED) is 0.802. The lowest BCUT2D eigenvalue weighted by Gasteiger charge is -2.16. The third-order valence-electron chi connectivity index (χ3n) is 3.63. The fourth-order valence-corrected chi connectivity index (χ4v) is 2.81. The lowest BCUT2D eigenvalue weighted by Crippen LogP contribution is -2.07. The first-order chi connectivity index (χ1) is 9.11. The Morgan fingerprint density at radius 3 is 2.84 bits per heavy atom. The van der Waals surface area contributed by atoms with Gasteiger partial charge in [0.15, 0.2) is 0 Å². The monoisotopic (exact) mass is 256 g/mol. The van der Waals surface area contributed by atoms with Crippen molar-refractivity contribution < 1.29 is 4.39 Å². The first-order valence-corrected chi connectivity index (χ1v) is 6.54. The molecule has 98 valence electrons. The second-order valence-electron chi connectivity index (χ2n) is 5.21. The standard InChI is InChI=1S/C16H17FN2/c1-10-6-12(17)9-14(7-10)19-16-5-2-11-8-13(18)3-4-15(11)16/h3-4,6-9,16,19H,2,5,18H2,1H3. The molecule has 0 heterocycles. The van der Waals surface area contributed by atoms with E-state index in [-0.39, 0.29) is 11.9 Å². The van der Waals surface area contributed by atoms with E-state index in [2.05, 4.69) is 11.4 Å². The molecule has 3 heteroatoms. The van der Waals surface area contributed by atoms with Crippen molar-refractivity contribution in [3.63, 3.8) is 0 Å². The lowest BCUT2D eigenvalue weighted by molar-refractivity contribution is 0.626. The summed E-state index contributed by atoms with van der Waals surface area (Å²) in [5.41, 5.74) is 10.9. The van der Waals surface area contributed by atoms with Crippen molar-refractivity contribution in [3.05, 3.63) is 58.9 Å². The van der Waals surface area contributed by atoms with E-state index in [1.54, 1.807) is 6.07 Å². The maximum absolute atomic E-state index is 13.4. The van der Waals surface area contributed by atoms with E-state index < -0.39 is 0 Å². The molecule has 0 bridgehead atoms. The Kier molecular flexibility index (Phi) is 2.90. The number of nitrogen functional groups attached to an aromatic ring is 1. The molecule has 1 atom stereocenters. The fraction of sp³-hybridized carbons (Fsp3) is 0.250. The first-order valence-electron chi connectivity index (χ1n) is 6.54. The summed E-state index contributed by atoms with van der Waals surface area (Å²) in [7, 11) is 0. The smallest absolute Gasteiger partial charge is 0.125 e. The third kappa shape index (κ3) is 2.41. The van der Waals surface area contributed by atoms with Crippen LogP contribution in [0.1, 0.15) is 29.2 Å². The van der Waals surface area contributed by atoms with Crippen molar-refractivity contribution in [3.8, 4) is 0 Å². The number of hydrogen-bond acceptors (Lipinski definition) is 2. The molecule has 1 aliphatic carbocycles. The van der Waals surface area contributed by atoms with Gasteiger partial charge in [0.05, 0.1) is 6.04 Å². The number of rotatable bonds is 2. The Bertz CT molecular complexity index is 602. The van der Waals surface area contributed by atoms with Crippen molar-refractivity contribution >= 4 is 11.4 Å². The highest BCUT2D eigenvalue weighted by molar-refractivity contribution is 5.53. The Hall–Kier alpha value is -2.03. The van der Waals surface area contributed by atoms with Crippen LogP contribution in [0.3, 0.4) is 0 Å². The van der Waals surface area contributed by atoms with Gasteiger partial charge in [0.25, 0.3) is 0 Å². The molecule has 19 heavy (non-hydrogen) atoms. The molecule has 0 saturated carbocycles. The van der Waals surface area contributed by atoms with E-state index in [9.17, 15) is 4.39 Å². The molecule has 0 radical (unpaired) electrons. The van der Waals surface area contributed by atoms with Crippen LogP contribution in [0.4, 0.5) is 15.8 Å². The minimum absolute atomic E-state index is 0.196. The van der Waals surface area contributed by atoms with Crippen LogP contribution in [0, 0.1) is 12.7 Å². The van der Waals surface area contributed by atoms with Crippen molar-refractivity contribution in [2.75, 3.05) is 11.1 Å². The van der Waals surface area contributed by atoms with Gasteiger partial charge in [-0.2, -0.15) is 0 Å². The molecule has 0 spiro atoms. The van der Waals surface area contributed by atoms with E-state index >= 15 is 0 Å². The van der Waals surface area contributed by atoms with Crippen LogP contribution in [0.25, 0.3) is 0 Å². The summed E-state index contributed by atoms with van der Waals surface area (Å²) < 4.78 is 13.4. The van der Waals surface area contributed by atoms with E-state index in [0.717, 1.165) is 29.8 Å². The summed E-state index contributed by atoms with van der Waals surface area (Å²) >= 11 is 0. The number of hydrogen-bond donors (Lipinski definition) is 2. The average Bonchev–Trinajstić information content (AvgIpc) is 2.70. The highest BCUT2D eigenvalue weighted by Crippen LogP contribution is 2.35. The molecule has 3 rings (SSSR count). The van der Waals surface area contributed by atoms with Gasteiger partial charge in [0, 0.05) is 11.4 Å². The molecule has 0 fully saturated rings. The number of anilines is 2. The number of halogens is 1. The summed E-state index contributed by atoms with van der Waals surface area (Å²) in [6.45, 7) is 1.90. The SMILES string of the molecule is Cc1cc(F)cc(NC2CCc3cc(N)ccc32)c1. The molecule has 0 aliphatic heterocycles. The second-order valence-corrected chi connectivity index (χ2v) is 5.21. The Morgan fingerprint density at radius 1 is 1.21 bits per heavy atom. The second kappa shape index (κ2) is 4.57. The van der Waals surface area contributed by atoms with Crippen LogP contribution in [-0.2, 0) is 6.42 Å². The molecule has 2 nitrogen and oxygen atoms in total. The number of benzene rings is 2. The van der Waals surface area contributed by atoms with Crippen molar-refractivity contribution in [1.29, 1.82) is 0 Å². The third-order valence-corrected chi connectivity index (χ3v) is 3.63. The predicted octanol–water partition coefficient (Wildman–Crippen LogP) is 3.82. The zero-order valence-electron chi connectivity index (χ0n) is 10.9. The molecule has 0 amide bonds. The molecule has 1 aliphatic rings. The summed E-state index contributed by atoms with van der Waals surface area (Å²) in [5.74, 6) is -0.196. The molecular formula is C16H17FN2. The zero-order chi connectivity index (χ0) is 13.4. The van der Waals surface area contributed by atoms with Gasteiger partial charge in [-0.3, -0.25) is 0 Å². The van der Waals surface area contributed by atoms with E-state index in [4.69, 9.17) is 5.73 Å². The lowest BCUT2D eigenvalue weighted by atomic mass is 10.1. The molecular weight excluding hydrogens is 239 g/mol. The number of aryl methyl sites for hydroxylation is 2. The van der Waals surface area contributed by atoms with Gasteiger partial charge >= 0.3 is 0 Å². The van der Waals surface area contributed by atoms with Gasteiger partial charge in [-0.1, -0.05) is 6.07 Å². The van der Waals surface area contributed by atoms with Crippen LogP contribution in [0.15, 0.2) is 36.4 Å². The van der Waals surface area contributed by atoms with Crippen molar-refractivity contribution in [2.45, 2.75) is 25.8 Å². The normalized spacial score (nSPS) is 17.3. The van der Waals surface area contributed by atoms with E-state index in [1.807, 2.05) is 25.1 Å². The van der Waals surface area contributed by atoms with Crippen LogP contribution in [0.5, 0.6) is 0 Å². The largest absolute Gasteiger partial charge is 0.399 e. The maximum Gasteiger partial charge on any atom is 0.125 e. The summed E-state index contributed by atoms with van der Waals surface area (Å²) in [6, 6.07) is 11.3. The Labute approximate surface area is 112 Å². The first kappa shape index (κ1) is 12.0. The van der Waals surface area contributed by atoms with E-state index in [0.29, 0.717) is 0 Å². The van der Waals surface area contributed by atoms with Crippen LogP contribution in [0.2, 0.25) is 0 Å². The number of fused-ring (bicyclic) bond motifs is 1. The van der Waals surface area contributed by atoms with Gasteiger partial charge < -0.3 is 11.1 Å². The van der Waals surface area contributed by atoms with Gasteiger partial charge in [-0.15, -0.1) is 0 Å². The van der Waals surface area contributed by atoms with Crippen LogP contribution >= 0.6 is 0 Å². The molecule has 3 N–H and O–H groups in total. The molecule has 2 aromatic carbocycles. The van der Waals surface area contributed by atoms with Gasteiger partial charge in [0.2, 0.25) is 0 Å². The topological polar surface area (TPSA) is 38.0 Å². The van der Waals surface area contributed by atoms with Crippen molar-refractivity contribution in [2.24, 2.45) is 0 Å². The van der Waals surface area contributed by atoms with Gasteiger partial charge in [0.1, 0.15) is 5.82 Å². The average molecular weight is 256 g/mol. The number of nitrogens with one attached hydrogen (secondary N) is 1. The van der Waals surface area contributed by atoms with Crippen LogP contribution < -0.4 is 11.1 Å². The predicted molar refractivity (Wildman–Crippen MR) is 76.7 cm³/mol. The van der Waals surface area contributed by atoms with Gasteiger partial charge in [-0.25, -0.2) is 4.39 Å². The maximum atomic E-state index is 13.4. The zero-order valence-corrected chi connectivity index (χ0v) is 10.9. The summed E-state index contributed by atoms with van der Waals surface area (Å²) in [4.78, 5) is 0. The molecule has 1 unspecified atom stereocenters. The molecule has 0 aromatic heterocycles. The fourth-order valence-electron chi connectivity index (χ4n) is 2.81. The minimum Gasteiger partial charge on any atom is -0.399 e. The van der Waals surface area contributed by atoms with E-state index in [1.165, 1.54) is 17.2 Å². The van der Waals surface area contributed by atoms with Crippen LogP contribution in [-0.4, -0.2) is 0 Å². The van der Waals surface area contributed by atoms with Crippen molar-refractivity contribution in [1.82, 2.24) is 0 Å². The minimum atomic E-state index is -0.196. The Balaban J connectivity index is 1.86.